The summed E-state index contributed by atoms with van der Waals surface area (Å²) in [5.74, 6) is -3.32. The molecule has 172 valence electrons. The lowest BCUT2D eigenvalue weighted by atomic mass is 9.95. The number of fused-ring (bicyclic) bond motifs is 1. The van der Waals surface area contributed by atoms with Gasteiger partial charge >= 0.3 is 5.97 Å². The molecule has 2 saturated heterocycles. The molecule has 4 rings (SSSR count). The van der Waals surface area contributed by atoms with Gasteiger partial charge < -0.3 is 20.6 Å². The van der Waals surface area contributed by atoms with E-state index < -0.39 is 57.6 Å². The fourth-order valence-electron chi connectivity index (χ4n) is 4.32. The molecule has 1 aromatic carbocycles. The van der Waals surface area contributed by atoms with E-state index in [0.717, 1.165) is 6.08 Å². The molecule has 1 aromatic rings. The van der Waals surface area contributed by atoms with Crippen LogP contribution in [0.4, 0.5) is 0 Å². The van der Waals surface area contributed by atoms with Gasteiger partial charge in [-0.1, -0.05) is 30.3 Å². The van der Waals surface area contributed by atoms with Gasteiger partial charge in [-0.3, -0.25) is 19.2 Å². The van der Waals surface area contributed by atoms with Gasteiger partial charge in [0, 0.05) is 22.1 Å². The fourth-order valence-corrected chi connectivity index (χ4v) is 5.94. The Morgan fingerprint density at radius 1 is 1.12 bits per heavy atom. The molecule has 3 aliphatic rings. The van der Waals surface area contributed by atoms with Gasteiger partial charge in [0.1, 0.15) is 23.5 Å². The first-order valence-corrected chi connectivity index (χ1v) is 11.2. The van der Waals surface area contributed by atoms with Crippen LogP contribution in [0.3, 0.4) is 0 Å². The average Bonchev–Trinajstić information content (AvgIpc) is 3.02. The molecular formula is C23H23N3O6S. The minimum atomic E-state index is -1.08. The Kier molecular flexibility index (Phi) is 5.65. The number of nitrogens with one attached hydrogen (secondary N) is 2. The monoisotopic (exact) mass is 469 g/mol. The van der Waals surface area contributed by atoms with Crippen LogP contribution in [0.5, 0.6) is 0 Å². The van der Waals surface area contributed by atoms with E-state index in [1.54, 1.807) is 44.2 Å². The number of carbonyl (C=O) groups excluding carboxylic acids is 4. The lowest BCUT2D eigenvalue weighted by Crippen LogP contribution is -2.71. The third kappa shape index (κ3) is 3.95. The van der Waals surface area contributed by atoms with E-state index in [4.69, 9.17) is 0 Å². The topological polar surface area (TPSA) is 133 Å². The molecule has 2 fully saturated rings. The first kappa shape index (κ1) is 22.8. The van der Waals surface area contributed by atoms with E-state index in [1.165, 1.54) is 29.7 Å². The quantitative estimate of drug-likeness (QED) is 0.318. The van der Waals surface area contributed by atoms with Gasteiger partial charge in [0.2, 0.25) is 23.4 Å². The average molecular weight is 470 g/mol. The van der Waals surface area contributed by atoms with Crippen LogP contribution in [0.1, 0.15) is 32.4 Å². The smallest absolute Gasteiger partial charge is 0.327 e. The van der Waals surface area contributed by atoms with Crippen molar-refractivity contribution in [2.45, 2.75) is 49.0 Å². The maximum atomic E-state index is 13.3. The van der Waals surface area contributed by atoms with E-state index >= 15 is 0 Å². The van der Waals surface area contributed by atoms with Crippen molar-refractivity contribution in [1.82, 2.24) is 15.5 Å². The maximum Gasteiger partial charge on any atom is 0.327 e. The molecule has 2 aliphatic heterocycles. The van der Waals surface area contributed by atoms with Gasteiger partial charge in [0.25, 0.3) is 0 Å². The number of carbonyl (C=O) groups is 5. The number of thioether (sulfide) groups is 1. The molecule has 0 spiro atoms. The second-order valence-electron chi connectivity index (χ2n) is 8.69. The summed E-state index contributed by atoms with van der Waals surface area (Å²) >= 11 is 1.34. The van der Waals surface area contributed by atoms with Crippen LogP contribution < -0.4 is 10.6 Å². The first-order chi connectivity index (χ1) is 15.5. The number of carboxylic acids is 1. The highest BCUT2D eigenvalue weighted by Gasteiger charge is 2.64. The molecule has 2 amide bonds. The zero-order valence-electron chi connectivity index (χ0n) is 18.2. The van der Waals surface area contributed by atoms with E-state index in [1.807, 2.05) is 0 Å². The number of hydrogen-bond acceptors (Lipinski definition) is 7. The zero-order chi connectivity index (χ0) is 24.1. The van der Waals surface area contributed by atoms with Crippen molar-refractivity contribution in [3.8, 4) is 0 Å². The number of ketones is 2. The summed E-state index contributed by atoms with van der Waals surface area (Å²) < 4.78 is -0.704. The Morgan fingerprint density at radius 3 is 2.39 bits per heavy atom. The second-order valence-corrected chi connectivity index (χ2v) is 10.5. The van der Waals surface area contributed by atoms with Gasteiger partial charge in [-0.05, 0) is 32.4 Å². The van der Waals surface area contributed by atoms with E-state index in [2.05, 4.69) is 10.6 Å². The predicted molar refractivity (Wildman–Crippen MR) is 120 cm³/mol. The molecule has 0 unspecified atom stereocenters. The molecule has 2 heterocycles. The lowest BCUT2D eigenvalue weighted by Gasteiger charge is -2.44. The molecule has 0 bridgehead atoms. The molecule has 10 heteroatoms. The highest BCUT2D eigenvalue weighted by Crippen LogP contribution is 2.50. The third-order valence-electron chi connectivity index (χ3n) is 5.92. The van der Waals surface area contributed by atoms with Crippen molar-refractivity contribution >= 4 is 41.1 Å². The number of nitrogens with zero attached hydrogens (tertiary/aromatic N) is 1. The normalized spacial score (nSPS) is 26.6. The van der Waals surface area contributed by atoms with Gasteiger partial charge in [0.05, 0.1) is 0 Å². The number of allylic oxidation sites excluding steroid dienone is 3. The largest absolute Gasteiger partial charge is 0.480 e. The predicted octanol–water partition coefficient (Wildman–Crippen LogP) is 0.931. The number of benzene rings is 1. The molecule has 0 aromatic heterocycles. The van der Waals surface area contributed by atoms with E-state index in [-0.39, 0.29) is 5.57 Å². The van der Waals surface area contributed by atoms with Crippen LogP contribution in [0, 0.1) is 0 Å². The number of aliphatic carboxylic acids is 1. The highest BCUT2D eigenvalue weighted by atomic mass is 32.2. The Labute approximate surface area is 194 Å². The first-order valence-electron chi connectivity index (χ1n) is 10.3. The Hall–Kier alpha value is -3.40. The number of rotatable bonds is 6. The van der Waals surface area contributed by atoms with Crippen LogP contribution in [0.25, 0.3) is 0 Å². The summed E-state index contributed by atoms with van der Waals surface area (Å²) in [7, 11) is 0. The van der Waals surface area contributed by atoms with Crippen molar-refractivity contribution in [2.24, 2.45) is 0 Å². The van der Waals surface area contributed by atoms with Crippen LogP contribution in [0.15, 0.2) is 53.8 Å². The summed E-state index contributed by atoms with van der Waals surface area (Å²) in [4.78, 5) is 62.8. The summed E-state index contributed by atoms with van der Waals surface area (Å²) in [6.45, 7) is 5.04. The fraction of sp³-hybridized carbons (Fsp3) is 0.348. The number of hydrogen-bond donors (Lipinski definition) is 3. The maximum absolute atomic E-state index is 13.3. The Morgan fingerprint density at radius 2 is 1.79 bits per heavy atom. The summed E-state index contributed by atoms with van der Waals surface area (Å²) in [5.41, 5.74) is 1.16. The van der Waals surface area contributed by atoms with Gasteiger partial charge in [-0.25, -0.2) is 4.79 Å². The van der Waals surface area contributed by atoms with E-state index in [0.29, 0.717) is 11.3 Å². The minimum Gasteiger partial charge on any atom is -0.480 e. The van der Waals surface area contributed by atoms with E-state index in [9.17, 15) is 29.1 Å². The molecule has 33 heavy (non-hydrogen) atoms. The van der Waals surface area contributed by atoms with Crippen molar-refractivity contribution in [1.29, 1.82) is 0 Å². The number of amides is 2. The van der Waals surface area contributed by atoms with Crippen molar-refractivity contribution < 1.29 is 29.1 Å². The summed E-state index contributed by atoms with van der Waals surface area (Å²) in [6, 6.07) is 5.98. The van der Waals surface area contributed by atoms with Crippen molar-refractivity contribution in [3.05, 3.63) is 59.3 Å². The van der Waals surface area contributed by atoms with Crippen LogP contribution in [0.2, 0.25) is 0 Å². The van der Waals surface area contributed by atoms with Crippen LogP contribution >= 0.6 is 11.8 Å². The zero-order valence-corrected chi connectivity index (χ0v) is 19.0. The molecule has 9 nitrogen and oxygen atoms in total. The SMILES string of the molecule is CC1=CC(N[C@@H](C(=O)N[C@@H]2C(=O)N3[C@@H]2SC(C)(C)[C@@H]3C(=O)O)c2ccccc2)=CC(=O)C1=O. The molecular weight excluding hydrogens is 446 g/mol. The summed E-state index contributed by atoms with van der Waals surface area (Å²) in [5, 5.41) is 14.8. The number of β-lactam (4-membered cyclic amide) rings is 1. The number of Topliss-reactive ketones (excluding diaryl/α,β-unsaturated/α-hetero) is 1. The van der Waals surface area contributed by atoms with Crippen molar-refractivity contribution in [2.75, 3.05) is 0 Å². The Bertz CT molecular complexity index is 1130. The standard InChI is InChI=1S/C23H23N3O6S/c1-11-9-13(10-14(27)17(11)28)24-15(12-7-5-4-6-8-12)19(29)25-16-20(30)26-18(22(31)32)23(2,3)33-21(16)26/h4-10,15-16,18,21,24H,1-3H3,(H,25,29)(H,31,32)/t15-,16-,18+,21-/m1/s1. The van der Waals surface area contributed by atoms with Crippen LogP contribution in [-0.4, -0.2) is 61.6 Å². The molecule has 0 saturated carbocycles. The summed E-state index contributed by atoms with van der Waals surface area (Å²) in [6.07, 6.45) is 2.64. The van der Waals surface area contributed by atoms with Crippen LogP contribution in [-0.2, 0) is 24.0 Å². The lowest BCUT2D eigenvalue weighted by molar-refractivity contribution is -0.161. The van der Waals surface area contributed by atoms with Gasteiger partial charge in [-0.2, -0.15) is 0 Å². The molecule has 0 radical (unpaired) electrons. The molecule has 1 aliphatic carbocycles. The Balaban J connectivity index is 1.56. The van der Waals surface area contributed by atoms with Crippen molar-refractivity contribution in [3.63, 3.8) is 0 Å². The van der Waals surface area contributed by atoms with Gasteiger partial charge in [0.15, 0.2) is 0 Å². The molecule has 4 atom stereocenters. The third-order valence-corrected chi connectivity index (χ3v) is 7.49. The van der Waals surface area contributed by atoms with Gasteiger partial charge in [-0.15, -0.1) is 11.8 Å². The second kappa shape index (κ2) is 8.18. The minimum absolute atomic E-state index is 0.256. The molecule has 3 N–H and O–H groups in total. The highest BCUT2D eigenvalue weighted by molar-refractivity contribution is 8.01. The number of carboxylic acid groups (broad SMARTS) is 1.